The maximum Gasteiger partial charge on any atom is 0.229 e. The molecule has 0 aliphatic carbocycles. The minimum Gasteiger partial charge on any atom is -0.508 e. The SMILES string of the molecule is CCC(c1cc(O)ccc1C(C(N)=O)c1ccc(O)cc1)N(C)C. The van der Waals surface area contributed by atoms with E-state index in [0.29, 0.717) is 5.56 Å². The molecule has 2 rings (SSSR count). The quantitative estimate of drug-likeness (QED) is 0.761. The van der Waals surface area contributed by atoms with E-state index in [2.05, 4.69) is 6.92 Å². The van der Waals surface area contributed by atoms with Gasteiger partial charge in [0.15, 0.2) is 0 Å². The van der Waals surface area contributed by atoms with Crippen LogP contribution in [0.2, 0.25) is 0 Å². The molecule has 2 unspecified atom stereocenters. The first-order valence-electron chi connectivity index (χ1n) is 7.92. The molecule has 0 spiro atoms. The molecule has 4 N–H and O–H groups in total. The lowest BCUT2D eigenvalue weighted by Crippen LogP contribution is -2.26. The maximum absolute atomic E-state index is 12.2. The Bertz CT molecular complexity index is 711. The summed E-state index contributed by atoms with van der Waals surface area (Å²) in [4.78, 5) is 14.2. The van der Waals surface area contributed by atoms with E-state index in [4.69, 9.17) is 5.73 Å². The number of hydrogen-bond donors (Lipinski definition) is 3. The van der Waals surface area contributed by atoms with Gasteiger partial charge in [0.05, 0.1) is 5.92 Å². The number of benzene rings is 2. The van der Waals surface area contributed by atoms with Gasteiger partial charge in [-0.3, -0.25) is 4.79 Å². The Morgan fingerprint density at radius 3 is 2.12 bits per heavy atom. The number of rotatable bonds is 6. The number of nitrogens with two attached hydrogens (primary N) is 1. The lowest BCUT2D eigenvalue weighted by Gasteiger charge is -2.28. The summed E-state index contributed by atoms with van der Waals surface area (Å²) in [6.45, 7) is 2.05. The fourth-order valence-corrected chi connectivity index (χ4v) is 3.14. The summed E-state index contributed by atoms with van der Waals surface area (Å²) in [6.07, 6.45) is 0.824. The van der Waals surface area contributed by atoms with Gasteiger partial charge in [0, 0.05) is 6.04 Å². The zero-order valence-corrected chi connectivity index (χ0v) is 14.2. The van der Waals surface area contributed by atoms with E-state index < -0.39 is 11.8 Å². The molecule has 0 fully saturated rings. The number of phenols is 2. The van der Waals surface area contributed by atoms with E-state index in [1.807, 2.05) is 19.0 Å². The molecule has 0 saturated heterocycles. The third-order valence-corrected chi connectivity index (χ3v) is 4.26. The molecular weight excluding hydrogens is 304 g/mol. The highest BCUT2D eigenvalue weighted by atomic mass is 16.3. The minimum atomic E-state index is -0.643. The van der Waals surface area contributed by atoms with Gasteiger partial charge in [0.1, 0.15) is 11.5 Å². The molecule has 0 heterocycles. The average Bonchev–Trinajstić information content (AvgIpc) is 2.51. The molecule has 2 aromatic rings. The van der Waals surface area contributed by atoms with Crippen molar-refractivity contribution < 1.29 is 15.0 Å². The topological polar surface area (TPSA) is 86.8 Å². The van der Waals surface area contributed by atoms with Gasteiger partial charge in [-0.05, 0) is 61.5 Å². The first-order valence-corrected chi connectivity index (χ1v) is 7.92. The van der Waals surface area contributed by atoms with Crippen LogP contribution in [-0.2, 0) is 4.79 Å². The van der Waals surface area contributed by atoms with Gasteiger partial charge < -0.3 is 20.8 Å². The molecule has 5 heteroatoms. The van der Waals surface area contributed by atoms with Crippen molar-refractivity contribution in [3.63, 3.8) is 0 Å². The minimum absolute atomic E-state index is 0.0473. The van der Waals surface area contributed by atoms with E-state index in [1.54, 1.807) is 30.3 Å². The summed E-state index contributed by atoms with van der Waals surface area (Å²) in [7, 11) is 3.92. The lowest BCUT2D eigenvalue weighted by atomic mass is 9.84. The Labute approximate surface area is 142 Å². The Hall–Kier alpha value is -2.53. The number of primary amides is 1. The number of carbonyl (C=O) groups is 1. The summed E-state index contributed by atoms with van der Waals surface area (Å²) >= 11 is 0. The van der Waals surface area contributed by atoms with Crippen LogP contribution in [0.1, 0.15) is 42.0 Å². The normalized spacial score (nSPS) is 13.7. The second-order valence-electron chi connectivity index (χ2n) is 6.13. The lowest BCUT2D eigenvalue weighted by molar-refractivity contribution is -0.118. The highest BCUT2D eigenvalue weighted by molar-refractivity contribution is 5.86. The van der Waals surface area contributed by atoms with Crippen molar-refractivity contribution in [1.82, 2.24) is 4.90 Å². The van der Waals surface area contributed by atoms with E-state index in [-0.39, 0.29) is 17.5 Å². The number of nitrogens with zero attached hydrogens (tertiary/aromatic N) is 1. The van der Waals surface area contributed by atoms with Crippen LogP contribution >= 0.6 is 0 Å². The number of amides is 1. The largest absolute Gasteiger partial charge is 0.508 e. The van der Waals surface area contributed by atoms with Crippen LogP contribution in [0.4, 0.5) is 0 Å². The number of phenolic OH excluding ortho intramolecular Hbond substituents is 2. The molecular formula is C19H24N2O3. The predicted molar refractivity (Wildman–Crippen MR) is 94.0 cm³/mol. The molecule has 24 heavy (non-hydrogen) atoms. The van der Waals surface area contributed by atoms with Crippen LogP contribution in [0.25, 0.3) is 0 Å². The van der Waals surface area contributed by atoms with E-state index in [0.717, 1.165) is 17.5 Å². The van der Waals surface area contributed by atoms with E-state index in [1.165, 1.54) is 12.1 Å². The summed E-state index contributed by atoms with van der Waals surface area (Å²) in [5.41, 5.74) is 8.04. The van der Waals surface area contributed by atoms with Gasteiger partial charge >= 0.3 is 0 Å². The Balaban J connectivity index is 2.62. The van der Waals surface area contributed by atoms with Gasteiger partial charge in [0.25, 0.3) is 0 Å². The molecule has 0 aromatic heterocycles. The van der Waals surface area contributed by atoms with Crippen molar-refractivity contribution in [3.8, 4) is 11.5 Å². The third-order valence-electron chi connectivity index (χ3n) is 4.26. The van der Waals surface area contributed by atoms with Crippen molar-refractivity contribution >= 4 is 5.91 Å². The number of hydrogen-bond acceptors (Lipinski definition) is 4. The van der Waals surface area contributed by atoms with Crippen molar-refractivity contribution in [3.05, 3.63) is 59.2 Å². The van der Waals surface area contributed by atoms with Gasteiger partial charge in [-0.15, -0.1) is 0 Å². The first-order chi connectivity index (χ1) is 11.3. The maximum atomic E-state index is 12.2. The third kappa shape index (κ3) is 3.68. The molecule has 5 nitrogen and oxygen atoms in total. The van der Waals surface area contributed by atoms with Gasteiger partial charge in [0.2, 0.25) is 5.91 Å². The molecule has 0 saturated carbocycles. The standard InChI is InChI=1S/C19H24N2O3/c1-4-17(21(2)3)16-11-14(23)9-10-15(16)18(19(20)24)12-5-7-13(22)8-6-12/h5-11,17-18,22-23H,4H2,1-3H3,(H2,20,24). The highest BCUT2D eigenvalue weighted by Gasteiger charge is 2.26. The zero-order valence-electron chi connectivity index (χ0n) is 14.2. The molecule has 2 aromatic carbocycles. The fraction of sp³-hybridized carbons (Fsp3) is 0.316. The summed E-state index contributed by atoms with van der Waals surface area (Å²) in [5, 5.41) is 19.4. The molecule has 0 aliphatic rings. The Kier molecular flexibility index (Phi) is 5.46. The van der Waals surface area contributed by atoms with Crippen molar-refractivity contribution in [1.29, 1.82) is 0 Å². The number of aromatic hydroxyl groups is 2. The van der Waals surface area contributed by atoms with E-state index in [9.17, 15) is 15.0 Å². The zero-order chi connectivity index (χ0) is 17.9. The second kappa shape index (κ2) is 7.36. The van der Waals surface area contributed by atoms with Crippen LogP contribution < -0.4 is 5.73 Å². The predicted octanol–water partition coefficient (Wildman–Crippen LogP) is 2.73. The van der Waals surface area contributed by atoms with Gasteiger partial charge in [-0.2, -0.15) is 0 Å². The van der Waals surface area contributed by atoms with Gasteiger partial charge in [-0.1, -0.05) is 25.1 Å². The van der Waals surface area contributed by atoms with Crippen LogP contribution in [-0.4, -0.2) is 35.1 Å². The molecule has 0 bridgehead atoms. The first kappa shape index (κ1) is 17.8. The van der Waals surface area contributed by atoms with Crippen molar-refractivity contribution in [2.45, 2.75) is 25.3 Å². The molecule has 2 atom stereocenters. The fourth-order valence-electron chi connectivity index (χ4n) is 3.14. The summed E-state index contributed by atoms with van der Waals surface area (Å²) in [5.74, 6) is -0.827. The molecule has 128 valence electrons. The van der Waals surface area contributed by atoms with Crippen LogP contribution in [0.3, 0.4) is 0 Å². The smallest absolute Gasteiger partial charge is 0.229 e. The highest BCUT2D eigenvalue weighted by Crippen LogP contribution is 2.36. The number of carbonyl (C=O) groups excluding carboxylic acids is 1. The Morgan fingerprint density at radius 2 is 1.62 bits per heavy atom. The summed E-state index contributed by atoms with van der Waals surface area (Å²) in [6, 6.07) is 11.5. The van der Waals surface area contributed by atoms with Crippen LogP contribution in [0, 0.1) is 0 Å². The molecule has 0 aliphatic heterocycles. The monoisotopic (exact) mass is 328 g/mol. The Morgan fingerprint density at radius 1 is 1.04 bits per heavy atom. The van der Waals surface area contributed by atoms with E-state index >= 15 is 0 Å². The van der Waals surface area contributed by atoms with Gasteiger partial charge in [-0.25, -0.2) is 0 Å². The summed E-state index contributed by atoms with van der Waals surface area (Å²) < 4.78 is 0. The second-order valence-corrected chi connectivity index (χ2v) is 6.13. The average molecular weight is 328 g/mol. The van der Waals surface area contributed by atoms with Crippen molar-refractivity contribution in [2.24, 2.45) is 5.73 Å². The van der Waals surface area contributed by atoms with Crippen LogP contribution in [0.15, 0.2) is 42.5 Å². The molecule has 1 amide bonds. The van der Waals surface area contributed by atoms with Crippen LogP contribution in [0.5, 0.6) is 11.5 Å². The molecule has 0 radical (unpaired) electrons. The van der Waals surface area contributed by atoms with Crippen molar-refractivity contribution in [2.75, 3.05) is 14.1 Å².